The Bertz CT molecular complexity index is 707. The SMILES string of the molecule is CC(C)[C@H](N)C(=O)N[C@H](C(=O)N[C@H](C(=O)NCC(=O)N[C@H](C(=O)O)C(C)C)C(C)C)C(C)C. The van der Waals surface area contributed by atoms with Crippen molar-refractivity contribution in [3.8, 4) is 0 Å². The van der Waals surface area contributed by atoms with Crippen molar-refractivity contribution in [3.05, 3.63) is 0 Å². The maximum atomic E-state index is 12.9. The first kappa shape index (κ1) is 30.3. The normalized spacial score (nSPS) is 15.1. The summed E-state index contributed by atoms with van der Waals surface area (Å²) < 4.78 is 0. The summed E-state index contributed by atoms with van der Waals surface area (Å²) in [5.41, 5.74) is 5.86. The van der Waals surface area contributed by atoms with Crippen LogP contribution < -0.4 is 27.0 Å². The average Bonchev–Trinajstić information content (AvgIpc) is 2.70. The van der Waals surface area contributed by atoms with Crippen molar-refractivity contribution in [1.82, 2.24) is 21.3 Å². The highest BCUT2D eigenvalue weighted by molar-refractivity contribution is 5.94. The summed E-state index contributed by atoms with van der Waals surface area (Å²) in [7, 11) is 0. The van der Waals surface area contributed by atoms with Gasteiger partial charge in [-0.15, -0.1) is 0 Å². The second-order valence-electron chi connectivity index (χ2n) is 9.58. The zero-order valence-electron chi connectivity index (χ0n) is 20.9. The Balaban J connectivity index is 5.17. The minimum atomic E-state index is -1.17. The maximum absolute atomic E-state index is 12.9. The van der Waals surface area contributed by atoms with Crippen molar-refractivity contribution < 1.29 is 29.1 Å². The minimum absolute atomic E-state index is 0.113. The van der Waals surface area contributed by atoms with Gasteiger partial charge in [-0.2, -0.15) is 0 Å². The van der Waals surface area contributed by atoms with E-state index in [1.165, 1.54) is 0 Å². The van der Waals surface area contributed by atoms with Gasteiger partial charge in [0.25, 0.3) is 0 Å². The topological polar surface area (TPSA) is 180 Å². The molecule has 33 heavy (non-hydrogen) atoms. The number of carbonyl (C=O) groups excluding carboxylic acids is 4. The van der Waals surface area contributed by atoms with Crippen molar-refractivity contribution in [2.24, 2.45) is 29.4 Å². The number of carboxylic acids is 1. The fourth-order valence-electron chi connectivity index (χ4n) is 2.88. The number of carboxylic acid groups (broad SMARTS) is 1. The van der Waals surface area contributed by atoms with Crippen molar-refractivity contribution >= 4 is 29.6 Å². The number of nitrogens with two attached hydrogens (primary N) is 1. The van der Waals surface area contributed by atoms with Crippen LogP contribution in [0.4, 0.5) is 0 Å². The Morgan fingerprint density at radius 2 is 1.06 bits per heavy atom. The zero-order chi connectivity index (χ0) is 26.0. The number of amides is 4. The Kier molecular flexibility index (Phi) is 12.6. The second-order valence-corrected chi connectivity index (χ2v) is 9.58. The van der Waals surface area contributed by atoms with E-state index in [4.69, 9.17) is 10.8 Å². The van der Waals surface area contributed by atoms with E-state index >= 15 is 0 Å². The molecular formula is C22H41N5O6. The predicted molar refractivity (Wildman–Crippen MR) is 124 cm³/mol. The lowest BCUT2D eigenvalue weighted by Gasteiger charge is -2.28. The Hall–Kier alpha value is -2.69. The van der Waals surface area contributed by atoms with E-state index in [2.05, 4.69) is 21.3 Å². The fourth-order valence-corrected chi connectivity index (χ4v) is 2.88. The third kappa shape index (κ3) is 10.2. The van der Waals surface area contributed by atoms with E-state index in [0.717, 1.165) is 0 Å². The van der Waals surface area contributed by atoms with Gasteiger partial charge in [0, 0.05) is 0 Å². The van der Waals surface area contributed by atoms with Crippen molar-refractivity contribution in [3.63, 3.8) is 0 Å². The van der Waals surface area contributed by atoms with Crippen molar-refractivity contribution in [1.29, 1.82) is 0 Å². The Labute approximate surface area is 196 Å². The molecule has 190 valence electrons. The van der Waals surface area contributed by atoms with Gasteiger partial charge in [-0.05, 0) is 23.7 Å². The first-order valence-electron chi connectivity index (χ1n) is 11.3. The number of aliphatic carboxylic acids is 1. The summed E-state index contributed by atoms with van der Waals surface area (Å²) >= 11 is 0. The molecule has 0 aromatic heterocycles. The van der Waals surface area contributed by atoms with Gasteiger partial charge in [0.15, 0.2) is 0 Å². The average molecular weight is 472 g/mol. The van der Waals surface area contributed by atoms with Gasteiger partial charge in [-0.3, -0.25) is 19.2 Å². The molecule has 0 spiro atoms. The molecule has 0 heterocycles. The molecule has 7 N–H and O–H groups in total. The first-order valence-corrected chi connectivity index (χ1v) is 11.3. The van der Waals surface area contributed by atoms with Gasteiger partial charge in [-0.25, -0.2) is 4.79 Å². The summed E-state index contributed by atoms with van der Waals surface area (Å²) in [4.78, 5) is 61.2. The minimum Gasteiger partial charge on any atom is -0.480 e. The van der Waals surface area contributed by atoms with Gasteiger partial charge < -0.3 is 32.1 Å². The van der Waals surface area contributed by atoms with Gasteiger partial charge in [0.1, 0.15) is 18.1 Å². The van der Waals surface area contributed by atoms with Crippen LogP contribution in [-0.2, 0) is 24.0 Å². The molecule has 0 saturated heterocycles. The van der Waals surface area contributed by atoms with Gasteiger partial charge >= 0.3 is 5.97 Å². The van der Waals surface area contributed by atoms with Crippen LogP contribution in [0, 0.1) is 23.7 Å². The van der Waals surface area contributed by atoms with Crippen LogP contribution in [0.2, 0.25) is 0 Å². The second kappa shape index (κ2) is 13.8. The smallest absolute Gasteiger partial charge is 0.326 e. The molecule has 0 aliphatic heterocycles. The van der Waals surface area contributed by atoms with Gasteiger partial charge in [0.05, 0.1) is 12.6 Å². The molecule has 0 unspecified atom stereocenters. The highest BCUT2D eigenvalue weighted by Crippen LogP contribution is 2.08. The van der Waals surface area contributed by atoms with E-state index in [-0.39, 0.29) is 23.7 Å². The molecule has 0 aliphatic rings. The lowest BCUT2D eigenvalue weighted by Crippen LogP contribution is -2.59. The number of rotatable bonds is 13. The lowest BCUT2D eigenvalue weighted by molar-refractivity contribution is -0.143. The van der Waals surface area contributed by atoms with Crippen LogP contribution in [0.3, 0.4) is 0 Å². The fraction of sp³-hybridized carbons (Fsp3) is 0.773. The van der Waals surface area contributed by atoms with E-state index < -0.39 is 60.3 Å². The summed E-state index contributed by atoms with van der Waals surface area (Å²) in [6.45, 7) is 13.4. The van der Waals surface area contributed by atoms with Crippen LogP contribution in [-0.4, -0.2) is 65.4 Å². The van der Waals surface area contributed by atoms with Crippen LogP contribution in [0.15, 0.2) is 0 Å². The van der Waals surface area contributed by atoms with Crippen LogP contribution in [0.25, 0.3) is 0 Å². The highest BCUT2D eigenvalue weighted by atomic mass is 16.4. The Morgan fingerprint density at radius 3 is 1.45 bits per heavy atom. The van der Waals surface area contributed by atoms with E-state index in [1.807, 2.05) is 0 Å². The third-order valence-electron chi connectivity index (χ3n) is 5.19. The van der Waals surface area contributed by atoms with Gasteiger partial charge in [-0.1, -0.05) is 55.4 Å². The maximum Gasteiger partial charge on any atom is 0.326 e. The molecule has 11 heteroatoms. The molecule has 11 nitrogen and oxygen atoms in total. The summed E-state index contributed by atoms with van der Waals surface area (Å²) in [5.74, 6) is -4.46. The summed E-state index contributed by atoms with van der Waals surface area (Å²) in [6.07, 6.45) is 0. The molecule has 0 saturated carbocycles. The largest absolute Gasteiger partial charge is 0.480 e. The first-order chi connectivity index (χ1) is 15.1. The molecule has 0 rings (SSSR count). The van der Waals surface area contributed by atoms with E-state index in [1.54, 1.807) is 55.4 Å². The molecule has 4 atom stereocenters. The predicted octanol–water partition coefficient (Wildman–Crippen LogP) is -0.407. The van der Waals surface area contributed by atoms with E-state index in [9.17, 15) is 24.0 Å². The monoisotopic (exact) mass is 471 g/mol. The molecule has 0 radical (unpaired) electrons. The summed E-state index contributed by atoms with van der Waals surface area (Å²) in [6, 6.07) is -3.73. The Morgan fingerprint density at radius 1 is 0.636 bits per heavy atom. The summed E-state index contributed by atoms with van der Waals surface area (Å²) in [5, 5.41) is 19.2. The lowest BCUT2D eigenvalue weighted by atomic mass is 9.98. The molecule has 0 bridgehead atoms. The third-order valence-corrected chi connectivity index (χ3v) is 5.19. The van der Waals surface area contributed by atoms with Crippen LogP contribution in [0.5, 0.6) is 0 Å². The number of carbonyl (C=O) groups is 5. The quantitative estimate of drug-likeness (QED) is 0.211. The van der Waals surface area contributed by atoms with Gasteiger partial charge in [0.2, 0.25) is 23.6 Å². The highest BCUT2D eigenvalue weighted by Gasteiger charge is 2.32. The van der Waals surface area contributed by atoms with Crippen LogP contribution in [0.1, 0.15) is 55.4 Å². The van der Waals surface area contributed by atoms with Crippen molar-refractivity contribution in [2.45, 2.75) is 79.6 Å². The molecule has 0 aromatic rings. The van der Waals surface area contributed by atoms with Crippen molar-refractivity contribution in [2.75, 3.05) is 6.54 Å². The standard InChI is InChI=1S/C22H41N5O6/c1-10(2)15(23)19(29)26-17(12(5)6)21(31)27-16(11(3)4)20(30)24-9-14(28)25-18(13(7)8)22(32)33/h10-13,15-18H,9,23H2,1-8H3,(H,24,30)(H,25,28)(H,26,29)(H,27,31)(H,32,33)/t15-,16-,17-,18-/m0/s1. The molecule has 0 aromatic carbocycles. The number of hydrogen-bond acceptors (Lipinski definition) is 6. The molecular weight excluding hydrogens is 430 g/mol. The molecule has 0 aliphatic carbocycles. The molecule has 4 amide bonds. The number of hydrogen-bond donors (Lipinski definition) is 6. The number of nitrogens with one attached hydrogen (secondary N) is 4. The zero-order valence-corrected chi connectivity index (χ0v) is 20.9. The molecule has 0 fully saturated rings. The van der Waals surface area contributed by atoms with E-state index in [0.29, 0.717) is 0 Å². The van der Waals surface area contributed by atoms with Crippen LogP contribution >= 0.6 is 0 Å².